The molecule has 0 spiro atoms. The Labute approximate surface area is 164 Å². The number of ether oxygens (including phenoxy) is 2. The molecule has 0 saturated carbocycles. The lowest BCUT2D eigenvalue weighted by Gasteiger charge is -2.35. The number of nitrogens with one attached hydrogen (secondary N) is 2. The van der Waals surface area contributed by atoms with E-state index in [1.165, 1.54) is 12.1 Å². The van der Waals surface area contributed by atoms with Gasteiger partial charge in [-0.05, 0) is 54.2 Å². The number of halogens is 1. The van der Waals surface area contributed by atoms with E-state index >= 15 is 0 Å². The second-order valence-corrected chi connectivity index (χ2v) is 6.69. The second-order valence-electron chi connectivity index (χ2n) is 6.28. The zero-order valence-corrected chi connectivity index (χ0v) is 16.1. The topological polar surface area (TPSA) is 45.8 Å². The predicted molar refractivity (Wildman–Crippen MR) is 109 cm³/mol. The Morgan fingerprint density at radius 3 is 2.44 bits per heavy atom. The van der Waals surface area contributed by atoms with Crippen LogP contribution in [0.25, 0.3) is 0 Å². The molecule has 2 N–H and O–H groups in total. The fourth-order valence-corrected chi connectivity index (χ4v) is 3.27. The van der Waals surface area contributed by atoms with E-state index in [4.69, 9.17) is 21.7 Å². The molecule has 0 radical (unpaired) electrons. The normalized spacial score (nSPS) is 15.8. The first-order chi connectivity index (χ1) is 13.2. The molecule has 0 aromatic heterocycles. The van der Waals surface area contributed by atoms with Gasteiger partial charge < -0.3 is 20.1 Å². The van der Waals surface area contributed by atoms with Crippen molar-refractivity contribution in [1.82, 2.24) is 10.2 Å². The van der Waals surface area contributed by atoms with Gasteiger partial charge in [0, 0.05) is 25.3 Å². The Hall–Kier alpha value is -2.22. The van der Waals surface area contributed by atoms with Gasteiger partial charge in [-0.25, -0.2) is 4.39 Å². The van der Waals surface area contributed by atoms with Gasteiger partial charge in [-0.1, -0.05) is 12.1 Å². The van der Waals surface area contributed by atoms with Gasteiger partial charge in [0.25, 0.3) is 0 Å². The molecular formula is C20H24FN3O2S. The van der Waals surface area contributed by atoms with E-state index < -0.39 is 0 Å². The van der Waals surface area contributed by atoms with Gasteiger partial charge in [-0.3, -0.25) is 4.90 Å². The van der Waals surface area contributed by atoms with Crippen molar-refractivity contribution in [3.05, 3.63) is 59.9 Å². The molecule has 1 aliphatic heterocycles. The molecule has 1 atom stereocenters. The van der Waals surface area contributed by atoms with E-state index in [1.807, 2.05) is 36.4 Å². The number of morpholine rings is 1. The van der Waals surface area contributed by atoms with E-state index in [-0.39, 0.29) is 11.9 Å². The maximum absolute atomic E-state index is 13.3. The Morgan fingerprint density at radius 1 is 1.15 bits per heavy atom. The molecule has 1 heterocycles. The first-order valence-corrected chi connectivity index (χ1v) is 9.32. The highest BCUT2D eigenvalue weighted by Gasteiger charge is 2.22. The maximum Gasteiger partial charge on any atom is 0.170 e. The van der Waals surface area contributed by atoms with Crippen molar-refractivity contribution in [2.75, 3.05) is 45.3 Å². The number of hydrogen-bond donors (Lipinski definition) is 2. The lowest BCUT2D eigenvalue weighted by Crippen LogP contribution is -2.44. The van der Waals surface area contributed by atoms with Crippen molar-refractivity contribution in [1.29, 1.82) is 0 Å². The summed E-state index contributed by atoms with van der Waals surface area (Å²) in [7, 11) is 1.63. The van der Waals surface area contributed by atoms with Gasteiger partial charge in [0.1, 0.15) is 11.6 Å². The Morgan fingerprint density at radius 2 is 1.81 bits per heavy atom. The van der Waals surface area contributed by atoms with Crippen LogP contribution < -0.4 is 15.4 Å². The van der Waals surface area contributed by atoms with Crippen LogP contribution in [0.15, 0.2) is 48.5 Å². The van der Waals surface area contributed by atoms with Gasteiger partial charge in [-0.15, -0.1) is 0 Å². The number of rotatable bonds is 6. The highest BCUT2D eigenvalue weighted by Crippen LogP contribution is 2.22. The molecule has 1 aliphatic rings. The zero-order chi connectivity index (χ0) is 19.1. The molecule has 0 unspecified atom stereocenters. The molecule has 2 aromatic rings. The summed E-state index contributed by atoms with van der Waals surface area (Å²) in [5.74, 6) is 0.562. The summed E-state index contributed by atoms with van der Waals surface area (Å²) < 4.78 is 23.9. The molecule has 2 aromatic carbocycles. The van der Waals surface area contributed by atoms with Crippen LogP contribution in [0.5, 0.6) is 5.75 Å². The van der Waals surface area contributed by atoms with Crippen LogP contribution in [0, 0.1) is 5.82 Å². The van der Waals surface area contributed by atoms with Gasteiger partial charge >= 0.3 is 0 Å². The first-order valence-electron chi connectivity index (χ1n) is 8.92. The van der Waals surface area contributed by atoms with Crippen LogP contribution in [0.1, 0.15) is 11.6 Å². The predicted octanol–water partition coefficient (Wildman–Crippen LogP) is 3.19. The zero-order valence-electron chi connectivity index (χ0n) is 15.3. The molecule has 0 amide bonds. The van der Waals surface area contributed by atoms with Gasteiger partial charge in [-0.2, -0.15) is 0 Å². The van der Waals surface area contributed by atoms with Crippen molar-refractivity contribution in [2.45, 2.75) is 6.04 Å². The van der Waals surface area contributed by atoms with Crippen molar-refractivity contribution in [3.63, 3.8) is 0 Å². The molecule has 3 rings (SSSR count). The highest BCUT2D eigenvalue weighted by molar-refractivity contribution is 7.80. The number of nitrogens with zero attached hydrogens (tertiary/aromatic N) is 1. The summed E-state index contributed by atoms with van der Waals surface area (Å²) in [6, 6.07) is 14.3. The summed E-state index contributed by atoms with van der Waals surface area (Å²) in [5.41, 5.74) is 1.94. The third kappa shape index (κ3) is 5.63. The van der Waals surface area contributed by atoms with Crippen molar-refractivity contribution in [3.8, 4) is 5.75 Å². The van der Waals surface area contributed by atoms with Crippen LogP contribution in [0.3, 0.4) is 0 Å². The molecule has 7 heteroatoms. The average molecular weight is 389 g/mol. The molecule has 1 saturated heterocycles. The SMILES string of the molecule is COc1ccc(NC(=S)NC[C@@H](c2ccc(F)cc2)N2CCOCC2)cc1. The molecule has 27 heavy (non-hydrogen) atoms. The fourth-order valence-electron chi connectivity index (χ4n) is 3.07. The fraction of sp³-hybridized carbons (Fsp3) is 0.350. The van der Waals surface area contributed by atoms with Gasteiger partial charge in [0.05, 0.1) is 26.4 Å². The lowest BCUT2D eigenvalue weighted by molar-refractivity contribution is 0.0170. The van der Waals surface area contributed by atoms with Crippen LogP contribution in [0.2, 0.25) is 0 Å². The van der Waals surface area contributed by atoms with E-state index in [2.05, 4.69) is 15.5 Å². The van der Waals surface area contributed by atoms with E-state index in [0.717, 1.165) is 30.1 Å². The molecule has 0 bridgehead atoms. The molecular weight excluding hydrogens is 365 g/mol. The number of benzene rings is 2. The third-order valence-corrected chi connectivity index (χ3v) is 4.79. The Kier molecular flexibility index (Phi) is 6.98. The van der Waals surface area contributed by atoms with Crippen LogP contribution >= 0.6 is 12.2 Å². The second kappa shape index (κ2) is 9.64. The van der Waals surface area contributed by atoms with E-state index in [9.17, 15) is 4.39 Å². The monoisotopic (exact) mass is 389 g/mol. The Bertz CT molecular complexity index is 734. The largest absolute Gasteiger partial charge is 0.497 e. The number of methoxy groups -OCH3 is 1. The molecule has 5 nitrogen and oxygen atoms in total. The highest BCUT2D eigenvalue weighted by atomic mass is 32.1. The summed E-state index contributed by atoms with van der Waals surface area (Å²) in [6.45, 7) is 3.69. The minimum atomic E-state index is -0.232. The first kappa shape index (κ1) is 19.5. The van der Waals surface area contributed by atoms with Gasteiger partial charge in [0.15, 0.2) is 5.11 Å². The van der Waals surface area contributed by atoms with Crippen molar-refractivity contribution < 1.29 is 13.9 Å². The number of anilines is 1. The average Bonchev–Trinajstić information content (AvgIpc) is 2.71. The van der Waals surface area contributed by atoms with E-state index in [0.29, 0.717) is 24.9 Å². The minimum absolute atomic E-state index is 0.0881. The van der Waals surface area contributed by atoms with Crippen molar-refractivity contribution >= 4 is 23.0 Å². The summed E-state index contributed by atoms with van der Waals surface area (Å²) in [6.07, 6.45) is 0. The van der Waals surface area contributed by atoms with Gasteiger partial charge in [0.2, 0.25) is 0 Å². The summed E-state index contributed by atoms with van der Waals surface area (Å²) in [5, 5.41) is 7.00. The van der Waals surface area contributed by atoms with Crippen molar-refractivity contribution in [2.24, 2.45) is 0 Å². The Balaban J connectivity index is 1.62. The third-order valence-electron chi connectivity index (χ3n) is 4.55. The molecule has 1 fully saturated rings. The smallest absolute Gasteiger partial charge is 0.170 e. The number of thiocarbonyl (C=S) groups is 1. The maximum atomic E-state index is 13.3. The summed E-state index contributed by atoms with van der Waals surface area (Å²) in [4.78, 5) is 2.33. The van der Waals surface area contributed by atoms with Crippen LogP contribution in [-0.4, -0.2) is 50.0 Å². The lowest BCUT2D eigenvalue weighted by atomic mass is 10.0. The standard InChI is InChI=1S/C20H24FN3O2S/c1-25-18-8-6-17(7-9-18)23-20(27)22-14-19(24-10-12-26-13-11-24)15-2-4-16(21)5-3-15/h2-9,19H,10-14H2,1H3,(H2,22,23,27)/t19-/m0/s1. The summed E-state index contributed by atoms with van der Waals surface area (Å²) >= 11 is 5.43. The molecule has 144 valence electrons. The minimum Gasteiger partial charge on any atom is -0.497 e. The quantitative estimate of drug-likeness (QED) is 0.740. The van der Waals surface area contributed by atoms with Crippen LogP contribution in [-0.2, 0) is 4.74 Å². The molecule has 0 aliphatic carbocycles. The van der Waals surface area contributed by atoms with E-state index in [1.54, 1.807) is 7.11 Å². The van der Waals surface area contributed by atoms with Crippen LogP contribution in [0.4, 0.5) is 10.1 Å². The number of hydrogen-bond acceptors (Lipinski definition) is 4.